The Labute approximate surface area is 134 Å². The second-order valence-corrected chi connectivity index (χ2v) is 6.17. The molecule has 1 amide bonds. The lowest BCUT2D eigenvalue weighted by Crippen LogP contribution is -2.52. The molecule has 0 radical (unpaired) electrons. The number of benzene rings is 1. The van der Waals surface area contributed by atoms with Gasteiger partial charge in [0, 0.05) is 17.3 Å². The number of alkyl halides is 3. The van der Waals surface area contributed by atoms with E-state index >= 15 is 0 Å². The Morgan fingerprint density at radius 2 is 2.05 bits per heavy atom. The number of carbonyl (C=O) groups is 1. The molecule has 4 nitrogen and oxygen atoms in total. The van der Waals surface area contributed by atoms with Crippen LogP contribution in [0.5, 0.6) is 0 Å². The van der Waals surface area contributed by atoms with Gasteiger partial charge in [0.15, 0.2) is 0 Å². The van der Waals surface area contributed by atoms with Gasteiger partial charge in [0.25, 0.3) is 5.91 Å². The molecule has 0 aromatic heterocycles. The molecule has 0 aliphatic rings. The van der Waals surface area contributed by atoms with E-state index in [2.05, 4.69) is 0 Å². The van der Waals surface area contributed by atoms with E-state index in [1.807, 2.05) is 5.32 Å². The molecule has 124 valence electrons. The van der Waals surface area contributed by atoms with Crippen LogP contribution < -0.4 is 5.32 Å². The average Bonchev–Trinajstić information content (AvgIpc) is 2.40. The topological polar surface area (TPSA) is 69.6 Å². The third-order valence-electron chi connectivity index (χ3n) is 2.75. The molecular formula is C13H15ClF3NO3S. The summed E-state index contributed by atoms with van der Waals surface area (Å²) in [4.78, 5) is 12.3. The first-order valence-corrected chi connectivity index (χ1v) is 7.59. The van der Waals surface area contributed by atoms with Crippen LogP contribution in [0.1, 0.15) is 13.3 Å². The number of rotatable bonds is 6. The molecule has 0 bridgehead atoms. The summed E-state index contributed by atoms with van der Waals surface area (Å²) in [5, 5.41) is 20.0. The highest BCUT2D eigenvalue weighted by molar-refractivity contribution is 7.99. The maximum absolute atomic E-state index is 12.6. The molecule has 1 aromatic rings. The lowest BCUT2D eigenvalue weighted by molar-refractivity contribution is -0.242. The SMILES string of the molecule is C[C@@](O)(C(=O)Nc1ccc(SCCCO)cc1Cl)C(F)(F)F. The van der Waals surface area contributed by atoms with Gasteiger partial charge >= 0.3 is 6.18 Å². The summed E-state index contributed by atoms with van der Waals surface area (Å²) >= 11 is 7.32. The minimum absolute atomic E-state index is 0.0253. The molecule has 0 unspecified atom stereocenters. The molecule has 0 aliphatic carbocycles. The second-order valence-electron chi connectivity index (χ2n) is 4.59. The smallest absolute Gasteiger partial charge is 0.396 e. The van der Waals surface area contributed by atoms with Gasteiger partial charge in [-0.3, -0.25) is 4.79 Å². The Bertz CT molecular complexity index is 538. The summed E-state index contributed by atoms with van der Waals surface area (Å²) < 4.78 is 37.7. The van der Waals surface area contributed by atoms with E-state index in [4.69, 9.17) is 16.7 Å². The molecule has 0 saturated heterocycles. The number of aliphatic hydroxyl groups is 2. The van der Waals surface area contributed by atoms with Crippen molar-refractivity contribution in [1.82, 2.24) is 0 Å². The molecule has 0 saturated carbocycles. The van der Waals surface area contributed by atoms with Crippen LogP contribution in [0.2, 0.25) is 5.02 Å². The van der Waals surface area contributed by atoms with Gasteiger partial charge in [0.05, 0.1) is 10.7 Å². The highest BCUT2D eigenvalue weighted by atomic mass is 35.5. The number of hydrogen-bond donors (Lipinski definition) is 3. The van der Waals surface area contributed by atoms with E-state index in [0.29, 0.717) is 19.1 Å². The van der Waals surface area contributed by atoms with Gasteiger partial charge in [-0.25, -0.2) is 0 Å². The Morgan fingerprint density at radius 3 is 2.55 bits per heavy atom. The van der Waals surface area contributed by atoms with Gasteiger partial charge in [-0.05, 0) is 31.5 Å². The van der Waals surface area contributed by atoms with Crippen LogP contribution in [0.25, 0.3) is 0 Å². The first-order valence-electron chi connectivity index (χ1n) is 6.23. The number of aliphatic hydroxyl groups excluding tert-OH is 1. The first-order chi connectivity index (χ1) is 10.1. The molecule has 0 spiro atoms. The van der Waals surface area contributed by atoms with E-state index in [0.717, 1.165) is 4.90 Å². The van der Waals surface area contributed by atoms with Gasteiger partial charge in [0.2, 0.25) is 5.60 Å². The maximum Gasteiger partial charge on any atom is 0.426 e. The number of nitrogens with one attached hydrogen (secondary N) is 1. The third kappa shape index (κ3) is 4.77. The lowest BCUT2D eigenvalue weighted by atomic mass is 10.1. The number of anilines is 1. The number of amides is 1. The van der Waals surface area contributed by atoms with Crippen LogP contribution in [-0.4, -0.2) is 40.3 Å². The Hall–Kier alpha value is -0.960. The fourth-order valence-corrected chi connectivity index (χ4v) is 2.48. The zero-order valence-corrected chi connectivity index (χ0v) is 13.1. The summed E-state index contributed by atoms with van der Waals surface area (Å²) in [5.41, 5.74) is -3.53. The minimum atomic E-state index is -5.09. The highest BCUT2D eigenvalue weighted by Gasteiger charge is 2.55. The molecule has 22 heavy (non-hydrogen) atoms. The van der Waals surface area contributed by atoms with Crippen molar-refractivity contribution in [3.05, 3.63) is 23.2 Å². The van der Waals surface area contributed by atoms with Crippen molar-refractivity contribution in [3.8, 4) is 0 Å². The van der Waals surface area contributed by atoms with Crippen LogP contribution in [0.4, 0.5) is 18.9 Å². The second kappa shape index (κ2) is 7.54. The predicted octanol–water partition coefficient (Wildman–Crippen LogP) is 3.07. The zero-order chi connectivity index (χ0) is 17.0. The number of carbonyl (C=O) groups excluding carboxylic acids is 1. The van der Waals surface area contributed by atoms with Crippen LogP contribution in [0.3, 0.4) is 0 Å². The maximum atomic E-state index is 12.6. The minimum Gasteiger partial charge on any atom is -0.396 e. The Morgan fingerprint density at radius 1 is 1.41 bits per heavy atom. The summed E-state index contributed by atoms with van der Waals surface area (Å²) in [6.07, 6.45) is -4.50. The zero-order valence-electron chi connectivity index (χ0n) is 11.6. The van der Waals surface area contributed by atoms with Crippen molar-refractivity contribution in [2.24, 2.45) is 0 Å². The summed E-state index contributed by atoms with van der Waals surface area (Å²) in [5.74, 6) is -0.955. The molecule has 1 atom stereocenters. The number of hydrogen-bond acceptors (Lipinski definition) is 4. The van der Waals surface area contributed by atoms with Gasteiger partial charge in [0.1, 0.15) is 0 Å². The Balaban J connectivity index is 2.80. The molecule has 1 rings (SSSR count). The lowest BCUT2D eigenvalue weighted by Gasteiger charge is -2.25. The van der Waals surface area contributed by atoms with Gasteiger partial charge < -0.3 is 15.5 Å². The summed E-state index contributed by atoms with van der Waals surface area (Å²) in [6, 6.07) is 4.42. The van der Waals surface area contributed by atoms with Crippen LogP contribution in [0.15, 0.2) is 23.1 Å². The summed E-state index contributed by atoms with van der Waals surface area (Å²) in [7, 11) is 0. The summed E-state index contributed by atoms with van der Waals surface area (Å²) in [6.45, 7) is 0.427. The van der Waals surface area contributed by atoms with Crippen molar-refractivity contribution in [2.45, 2.75) is 30.0 Å². The fraction of sp³-hybridized carbons (Fsp3) is 0.462. The number of halogens is 4. The number of thioether (sulfide) groups is 1. The highest BCUT2D eigenvalue weighted by Crippen LogP contribution is 2.33. The molecule has 0 heterocycles. The van der Waals surface area contributed by atoms with Gasteiger partial charge in [-0.1, -0.05) is 11.6 Å². The van der Waals surface area contributed by atoms with E-state index in [9.17, 15) is 23.1 Å². The molecule has 0 aliphatic heterocycles. The van der Waals surface area contributed by atoms with E-state index < -0.39 is 17.7 Å². The molecule has 0 fully saturated rings. The van der Waals surface area contributed by atoms with Crippen molar-refractivity contribution in [2.75, 3.05) is 17.7 Å². The quantitative estimate of drug-likeness (QED) is 0.540. The predicted molar refractivity (Wildman–Crippen MR) is 79.2 cm³/mol. The third-order valence-corrected chi connectivity index (χ3v) is 4.15. The largest absolute Gasteiger partial charge is 0.426 e. The fourth-order valence-electron chi connectivity index (χ4n) is 1.31. The molecular weight excluding hydrogens is 343 g/mol. The van der Waals surface area contributed by atoms with Crippen molar-refractivity contribution < 1.29 is 28.2 Å². The van der Waals surface area contributed by atoms with Crippen molar-refractivity contribution in [3.63, 3.8) is 0 Å². The van der Waals surface area contributed by atoms with Gasteiger partial charge in [-0.15, -0.1) is 11.8 Å². The van der Waals surface area contributed by atoms with E-state index in [1.165, 1.54) is 23.9 Å². The van der Waals surface area contributed by atoms with Crippen LogP contribution in [0, 0.1) is 0 Å². The average molecular weight is 358 g/mol. The van der Waals surface area contributed by atoms with Crippen molar-refractivity contribution in [1.29, 1.82) is 0 Å². The monoisotopic (exact) mass is 357 g/mol. The van der Waals surface area contributed by atoms with Gasteiger partial charge in [-0.2, -0.15) is 13.2 Å². The normalized spacial score (nSPS) is 14.5. The molecule has 1 aromatic carbocycles. The van der Waals surface area contributed by atoms with Crippen molar-refractivity contribution >= 4 is 35.0 Å². The Kier molecular flexibility index (Phi) is 6.54. The van der Waals surface area contributed by atoms with E-state index in [1.54, 1.807) is 6.07 Å². The standard InChI is InChI=1S/C13H15ClF3NO3S/c1-12(21,13(15,16)17)11(20)18-10-4-3-8(7-9(10)14)22-6-2-5-19/h3-4,7,19,21H,2,5-6H2,1H3,(H,18,20)/t12-/m1/s1. The molecule has 3 N–H and O–H groups in total. The molecule has 9 heteroatoms. The first kappa shape index (κ1) is 19.1. The van der Waals surface area contributed by atoms with Crippen LogP contribution >= 0.6 is 23.4 Å². The van der Waals surface area contributed by atoms with Crippen LogP contribution in [-0.2, 0) is 4.79 Å². The van der Waals surface area contributed by atoms with E-state index in [-0.39, 0.29) is 17.3 Å².